The van der Waals surface area contributed by atoms with E-state index in [9.17, 15) is 18.0 Å². The van der Waals surface area contributed by atoms with Gasteiger partial charge in [-0.2, -0.15) is 13.2 Å². The Morgan fingerprint density at radius 3 is 2.35 bits per heavy atom. The van der Waals surface area contributed by atoms with Gasteiger partial charge in [-0.15, -0.1) is 0 Å². The molecule has 0 fully saturated rings. The Bertz CT molecular complexity index is 418. The molecule has 3 nitrogen and oxygen atoms in total. The number of alkyl halides is 3. The lowest BCUT2D eigenvalue weighted by Gasteiger charge is -2.24. The lowest BCUT2D eigenvalue weighted by molar-refractivity contribution is -0.161. The van der Waals surface area contributed by atoms with Crippen LogP contribution in [0.1, 0.15) is 19.4 Å². The highest BCUT2D eigenvalue weighted by Gasteiger charge is 2.32. The van der Waals surface area contributed by atoms with Gasteiger partial charge in [-0.25, -0.2) is 0 Å². The van der Waals surface area contributed by atoms with Gasteiger partial charge < -0.3 is 10.2 Å². The first-order valence-electron chi connectivity index (χ1n) is 6.40. The fraction of sp³-hybridized carbons (Fsp3) is 0.500. The van der Waals surface area contributed by atoms with Crippen LogP contribution >= 0.6 is 0 Å². The zero-order chi connectivity index (χ0) is 15.2. The van der Waals surface area contributed by atoms with Crippen LogP contribution in [0.4, 0.5) is 13.2 Å². The third-order valence-corrected chi connectivity index (χ3v) is 2.60. The van der Waals surface area contributed by atoms with Crippen molar-refractivity contribution in [3.05, 3.63) is 35.9 Å². The van der Waals surface area contributed by atoms with Crippen LogP contribution in [0.5, 0.6) is 0 Å². The molecular weight excluding hydrogens is 269 g/mol. The third-order valence-electron chi connectivity index (χ3n) is 2.60. The SMILES string of the molecule is CC(C)NCC(=O)N(Cc1ccccc1)CC(F)(F)F. The molecule has 0 saturated heterocycles. The second kappa shape index (κ2) is 7.28. The summed E-state index contributed by atoms with van der Waals surface area (Å²) in [4.78, 5) is 12.7. The van der Waals surface area contributed by atoms with Crippen LogP contribution in [0.2, 0.25) is 0 Å². The molecule has 0 bridgehead atoms. The van der Waals surface area contributed by atoms with Gasteiger partial charge in [-0.05, 0) is 5.56 Å². The number of amides is 1. The first kappa shape index (κ1) is 16.5. The summed E-state index contributed by atoms with van der Waals surface area (Å²) in [6, 6.07) is 8.69. The summed E-state index contributed by atoms with van der Waals surface area (Å²) in [5.41, 5.74) is 0.676. The van der Waals surface area contributed by atoms with Crippen LogP contribution in [0.3, 0.4) is 0 Å². The number of carbonyl (C=O) groups is 1. The van der Waals surface area contributed by atoms with E-state index in [4.69, 9.17) is 0 Å². The molecule has 0 aliphatic carbocycles. The van der Waals surface area contributed by atoms with Gasteiger partial charge in [0.1, 0.15) is 6.54 Å². The van der Waals surface area contributed by atoms with E-state index in [2.05, 4.69) is 5.32 Å². The zero-order valence-electron chi connectivity index (χ0n) is 11.6. The van der Waals surface area contributed by atoms with Crippen LogP contribution in [-0.4, -0.2) is 36.1 Å². The van der Waals surface area contributed by atoms with E-state index >= 15 is 0 Å². The number of nitrogens with zero attached hydrogens (tertiary/aromatic N) is 1. The van der Waals surface area contributed by atoms with Gasteiger partial charge in [-0.3, -0.25) is 4.79 Å². The fourth-order valence-corrected chi connectivity index (χ4v) is 1.66. The van der Waals surface area contributed by atoms with Gasteiger partial charge >= 0.3 is 6.18 Å². The monoisotopic (exact) mass is 288 g/mol. The minimum absolute atomic E-state index is 0.0427. The molecule has 1 N–H and O–H groups in total. The normalized spacial score (nSPS) is 11.7. The highest BCUT2D eigenvalue weighted by Crippen LogP contribution is 2.18. The average Bonchev–Trinajstić information content (AvgIpc) is 2.34. The van der Waals surface area contributed by atoms with Crippen molar-refractivity contribution >= 4 is 5.91 Å². The third kappa shape index (κ3) is 6.56. The van der Waals surface area contributed by atoms with Crippen LogP contribution in [0.15, 0.2) is 30.3 Å². The molecule has 1 rings (SSSR count). The Kier molecular flexibility index (Phi) is 6.01. The van der Waals surface area contributed by atoms with E-state index in [0.29, 0.717) is 5.56 Å². The number of benzene rings is 1. The van der Waals surface area contributed by atoms with E-state index in [-0.39, 0.29) is 19.1 Å². The Labute approximate surface area is 116 Å². The van der Waals surface area contributed by atoms with Crippen LogP contribution in [0.25, 0.3) is 0 Å². The van der Waals surface area contributed by atoms with Crippen molar-refractivity contribution in [2.45, 2.75) is 32.6 Å². The topological polar surface area (TPSA) is 32.3 Å². The van der Waals surface area contributed by atoms with Gasteiger partial charge in [0.15, 0.2) is 0 Å². The lowest BCUT2D eigenvalue weighted by Crippen LogP contribution is -2.44. The highest BCUT2D eigenvalue weighted by atomic mass is 19.4. The van der Waals surface area contributed by atoms with E-state index in [1.54, 1.807) is 30.3 Å². The summed E-state index contributed by atoms with van der Waals surface area (Å²) in [6.07, 6.45) is -4.40. The Hall–Kier alpha value is -1.56. The summed E-state index contributed by atoms with van der Waals surface area (Å²) in [6.45, 7) is 2.29. The molecule has 6 heteroatoms. The van der Waals surface area contributed by atoms with Crippen molar-refractivity contribution in [2.75, 3.05) is 13.1 Å². The quantitative estimate of drug-likeness (QED) is 0.872. The Balaban J connectivity index is 2.72. The van der Waals surface area contributed by atoms with Crippen molar-refractivity contribution in [3.63, 3.8) is 0 Å². The summed E-state index contributed by atoms with van der Waals surface area (Å²) in [5, 5.41) is 2.84. The molecule has 20 heavy (non-hydrogen) atoms. The summed E-state index contributed by atoms with van der Waals surface area (Å²) in [5.74, 6) is -0.556. The molecule has 0 aliphatic rings. The number of halogens is 3. The second-order valence-electron chi connectivity index (χ2n) is 4.89. The standard InChI is InChI=1S/C14H19F3N2O/c1-11(2)18-8-13(20)19(10-14(15,16)17)9-12-6-4-3-5-7-12/h3-7,11,18H,8-10H2,1-2H3. The van der Waals surface area contributed by atoms with Crippen LogP contribution < -0.4 is 5.32 Å². The number of rotatable bonds is 6. The summed E-state index contributed by atoms with van der Waals surface area (Å²) < 4.78 is 37.7. The predicted molar refractivity (Wildman–Crippen MR) is 71.1 cm³/mol. The maximum Gasteiger partial charge on any atom is 0.406 e. The smallest absolute Gasteiger partial charge is 0.328 e. The van der Waals surface area contributed by atoms with Crippen LogP contribution in [0, 0.1) is 0 Å². The first-order valence-corrected chi connectivity index (χ1v) is 6.40. The Morgan fingerprint density at radius 1 is 1.25 bits per heavy atom. The average molecular weight is 288 g/mol. The zero-order valence-corrected chi connectivity index (χ0v) is 11.6. The van der Waals surface area contributed by atoms with Crippen molar-refractivity contribution in [3.8, 4) is 0 Å². The molecule has 1 aromatic rings. The van der Waals surface area contributed by atoms with Gasteiger partial charge in [-0.1, -0.05) is 44.2 Å². The maximum atomic E-state index is 12.6. The van der Waals surface area contributed by atoms with Crippen LogP contribution in [-0.2, 0) is 11.3 Å². The molecule has 0 radical (unpaired) electrons. The molecule has 112 valence electrons. The van der Waals surface area contributed by atoms with Crippen molar-refractivity contribution in [1.29, 1.82) is 0 Å². The second-order valence-corrected chi connectivity index (χ2v) is 4.89. The van der Waals surface area contributed by atoms with Crippen molar-refractivity contribution in [1.82, 2.24) is 10.2 Å². The van der Waals surface area contributed by atoms with Gasteiger partial charge in [0.25, 0.3) is 0 Å². The maximum absolute atomic E-state index is 12.6. The van der Waals surface area contributed by atoms with Gasteiger partial charge in [0.2, 0.25) is 5.91 Å². The van der Waals surface area contributed by atoms with Gasteiger partial charge in [0, 0.05) is 12.6 Å². The van der Waals surface area contributed by atoms with Crippen molar-refractivity contribution in [2.24, 2.45) is 0 Å². The van der Waals surface area contributed by atoms with E-state index in [0.717, 1.165) is 4.90 Å². The van der Waals surface area contributed by atoms with Crippen molar-refractivity contribution < 1.29 is 18.0 Å². The van der Waals surface area contributed by atoms with E-state index in [1.807, 2.05) is 13.8 Å². The number of hydrogen-bond acceptors (Lipinski definition) is 2. The molecule has 0 atom stereocenters. The molecule has 0 unspecified atom stereocenters. The minimum Gasteiger partial charge on any atom is -0.328 e. The first-order chi connectivity index (χ1) is 9.28. The molecule has 0 aliphatic heterocycles. The number of hydrogen-bond donors (Lipinski definition) is 1. The molecule has 0 spiro atoms. The molecular formula is C14H19F3N2O. The highest BCUT2D eigenvalue weighted by molar-refractivity contribution is 5.78. The largest absolute Gasteiger partial charge is 0.406 e. The molecule has 0 saturated carbocycles. The van der Waals surface area contributed by atoms with E-state index in [1.165, 1.54) is 0 Å². The summed E-state index contributed by atoms with van der Waals surface area (Å²) >= 11 is 0. The molecule has 0 heterocycles. The fourth-order valence-electron chi connectivity index (χ4n) is 1.66. The molecule has 1 aromatic carbocycles. The molecule has 0 aromatic heterocycles. The number of nitrogens with one attached hydrogen (secondary N) is 1. The molecule has 1 amide bonds. The number of carbonyl (C=O) groups excluding carboxylic acids is 1. The predicted octanol–water partition coefficient (Wildman–Crippen LogP) is 2.58. The van der Waals surface area contributed by atoms with Gasteiger partial charge in [0.05, 0.1) is 6.54 Å². The minimum atomic E-state index is -4.40. The Morgan fingerprint density at radius 2 is 1.85 bits per heavy atom. The lowest BCUT2D eigenvalue weighted by atomic mass is 10.2. The van der Waals surface area contributed by atoms with E-state index < -0.39 is 18.6 Å². The summed E-state index contributed by atoms with van der Waals surface area (Å²) in [7, 11) is 0.